The summed E-state index contributed by atoms with van der Waals surface area (Å²) in [5.41, 5.74) is 1.55. The molecule has 9 nitrogen and oxygen atoms in total. The standard InChI is InChI=1S/C20H19N3O6S.C2H6.H2/c1-13(24)14-3-5-15(6-4-14)18(25)21-11-12-28-17-9-7-16(8-10-17)19-22-23-20(29-19)30(2,26)27;1-2;/h3-10H,11-12H2,1-2H3,(H,21,25);1-2H3;1H. The number of sulfone groups is 1. The van der Waals surface area contributed by atoms with Crippen molar-refractivity contribution in [3.05, 3.63) is 59.7 Å². The Labute approximate surface area is 188 Å². The highest BCUT2D eigenvalue weighted by Crippen LogP contribution is 2.22. The van der Waals surface area contributed by atoms with E-state index in [4.69, 9.17) is 9.15 Å². The molecule has 3 aromatic rings. The summed E-state index contributed by atoms with van der Waals surface area (Å²) in [6, 6.07) is 13.1. The van der Waals surface area contributed by atoms with Crippen LogP contribution in [0.3, 0.4) is 0 Å². The van der Waals surface area contributed by atoms with E-state index in [0.717, 1.165) is 6.26 Å². The van der Waals surface area contributed by atoms with Gasteiger partial charge >= 0.3 is 5.22 Å². The first kappa shape index (κ1) is 24.7. The highest BCUT2D eigenvalue weighted by Gasteiger charge is 2.17. The Hall–Kier alpha value is -3.53. The predicted molar refractivity (Wildman–Crippen MR) is 121 cm³/mol. The van der Waals surface area contributed by atoms with Gasteiger partial charge in [-0.3, -0.25) is 9.59 Å². The Morgan fingerprint density at radius 2 is 1.59 bits per heavy atom. The number of aromatic nitrogens is 2. The first-order chi connectivity index (χ1) is 15.2. The molecule has 0 aliphatic heterocycles. The van der Waals surface area contributed by atoms with Crippen LogP contribution in [-0.2, 0) is 9.84 Å². The van der Waals surface area contributed by atoms with Crippen LogP contribution >= 0.6 is 0 Å². The van der Waals surface area contributed by atoms with Crippen LogP contribution in [0.25, 0.3) is 11.5 Å². The number of ketones is 1. The summed E-state index contributed by atoms with van der Waals surface area (Å²) in [6.07, 6.45) is 0.987. The molecule has 3 rings (SSSR count). The summed E-state index contributed by atoms with van der Waals surface area (Å²) in [4.78, 5) is 23.4. The van der Waals surface area contributed by atoms with Crippen LogP contribution in [0.5, 0.6) is 5.75 Å². The minimum Gasteiger partial charge on any atom is -0.492 e. The second-order valence-electron chi connectivity index (χ2n) is 6.41. The van der Waals surface area contributed by atoms with Crippen LogP contribution in [0.2, 0.25) is 0 Å². The van der Waals surface area contributed by atoms with Crippen molar-refractivity contribution < 1.29 is 28.6 Å². The minimum absolute atomic E-state index is 0. The third-order valence-corrected chi connectivity index (χ3v) is 4.83. The van der Waals surface area contributed by atoms with Crippen molar-refractivity contribution in [1.29, 1.82) is 0 Å². The fourth-order valence-corrected chi connectivity index (χ4v) is 2.88. The Morgan fingerprint density at radius 1 is 1.00 bits per heavy atom. The van der Waals surface area contributed by atoms with Crippen molar-refractivity contribution in [1.82, 2.24) is 15.5 Å². The third kappa shape index (κ3) is 6.74. The summed E-state index contributed by atoms with van der Waals surface area (Å²) >= 11 is 0. The van der Waals surface area contributed by atoms with Gasteiger partial charge in [0.05, 0.1) is 6.54 Å². The van der Waals surface area contributed by atoms with Crippen LogP contribution < -0.4 is 10.1 Å². The molecule has 172 valence electrons. The number of carbonyl (C=O) groups excluding carboxylic acids is 2. The molecule has 32 heavy (non-hydrogen) atoms. The van der Waals surface area contributed by atoms with E-state index in [9.17, 15) is 18.0 Å². The zero-order valence-corrected chi connectivity index (χ0v) is 19.1. The van der Waals surface area contributed by atoms with E-state index >= 15 is 0 Å². The number of benzene rings is 2. The number of hydrogen-bond donors (Lipinski definition) is 1. The molecule has 1 aromatic heterocycles. The normalized spacial score (nSPS) is 10.6. The first-order valence-electron chi connectivity index (χ1n) is 9.90. The lowest BCUT2D eigenvalue weighted by Gasteiger charge is -2.08. The first-order valence-corrected chi connectivity index (χ1v) is 11.8. The van der Waals surface area contributed by atoms with Crippen molar-refractivity contribution in [2.24, 2.45) is 0 Å². The molecule has 0 radical (unpaired) electrons. The SMILES string of the molecule is CC.CC(=O)c1ccc(C(=O)NCCOc2ccc(-c3nnc(S(C)(=O)=O)o3)cc2)cc1.[HH]. The lowest BCUT2D eigenvalue weighted by atomic mass is 10.1. The predicted octanol–water partition coefficient (Wildman–Crippen LogP) is 3.42. The Morgan fingerprint density at radius 3 is 2.12 bits per heavy atom. The van der Waals surface area contributed by atoms with Crippen LogP contribution in [0.15, 0.2) is 58.2 Å². The van der Waals surface area contributed by atoms with E-state index < -0.39 is 15.1 Å². The Kier molecular flexibility index (Phi) is 8.65. The van der Waals surface area contributed by atoms with Crippen LogP contribution in [-0.4, -0.2) is 49.7 Å². The number of nitrogens with one attached hydrogen (secondary N) is 1. The topological polar surface area (TPSA) is 128 Å². The minimum atomic E-state index is -3.56. The van der Waals surface area contributed by atoms with Gasteiger partial charge in [0.25, 0.3) is 5.91 Å². The molecule has 0 aliphatic carbocycles. The molecule has 0 fully saturated rings. The second kappa shape index (κ2) is 11.2. The summed E-state index contributed by atoms with van der Waals surface area (Å²) < 4.78 is 33.5. The third-order valence-electron chi connectivity index (χ3n) is 4.03. The maximum atomic E-state index is 12.1. The van der Waals surface area contributed by atoms with Gasteiger partial charge in [-0.25, -0.2) is 8.42 Å². The van der Waals surface area contributed by atoms with Gasteiger partial charge in [0.2, 0.25) is 15.7 Å². The number of ether oxygens (including phenoxy) is 1. The van der Waals surface area contributed by atoms with Gasteiger partial charge in [0.15, 0.2) is 5.78 Å². The molecule has 1 heterocycles. The lowest BCUT2D eigenvalue weighted by Crippen LogP contribution is -2.28. The van der Waals surface area contributed by atoms with Crippen molar-refractivity contribution in [3.8, 4) is 17.2 Å². The lowest BCUT2D eigenvalue weighted by molar-refractivity contribution is 0.0945. The smallest absolute Gasteiger partial charge is 0.335 e. The van der Waals surface area contributed by atoms with Crippen molar-refractivity contribution in [3.63, 3.8) is 0 Å². The number of Topliss-reactive ketones (excluding diaryl/α,β-unsaturated/α-hetero) is 1. The summed E-state index contributed by atoms with van der Waals surface area (Å²) in [6.45, 7) is 6.00. The van der Waals surface area contributed by atoms with Crippen molar-refractivity contribution >= 4 is 21.5 Å². The maximum Gasteiger partial charge on any atom is 0.335 e. The zero-order valence-electron chi connectivity index (χ0n) is 18.3. The molecule has 0 unspecified atom stereocenters. The molecule has 0 bridgehead atoms. The number of rotatable bonds is 8. The maximum absolute atomic E-state index is 12.1. The molecule has 1 amide bonds. The van der Waals surface area contributed by atoms with Crippen LogP contribution in [0, 0.1) is 0 Å². The molecule has 2 aromatic carbocycles. The quantitative estimate of drug-likeness (QED) is 0.399. The molecule has 0 spiro atoms. The highest BCUT2D eigenvalue weighted by atomic mass is 32.2. The summed E-state index contributed by atoms with van der Waals surface area (Å²) in [5.74, 6) is 0.324. The molecule has 0 atom stereocenters. The van der Waals surface area contributed by atoms with E-state index in [-0.39, 0.29) is 32.2 Å². The number of amides is 1. The van der Waals surface area contributed by atoms with Gasteiger partial charge in [0.1, 0.15) is 12.4 Å². The largest absolute Gasteiger partial charge is 0.492 e. The van der Waals surface area contributed by atoms with E-state index in [1.165, 1.54) is 6.92 Å². The van der Waals surface area contributed by atoms with Gasteiger partial charge < -0.3 is 14.5 Å². The highest BCUT2D eigenvalue weighted by molar-refractivity contribution is 7.90. The Balaban J connectivity index is 0.00000177. The van der Waals surface area contributed by atoms with Crippen LogP contribution in [0.4, 0.5) is 0 Å². The van der Waals surface area contributed by atoms with Gasteiger partial charge in [-0.15, -0.1) is 5.10 Å². The van der Waals surface area contributed by atoms with Gasteiger partial charge in [-0.05, 0) is 43.3 Å². The van der Waals surface area contributed by atoms with Crippen molar-refractivity contribution in [2.75, 3.05) is 19.4 Å². The molecule has 0 saturated heterocycles. The van der Waals surface area contributed by atoms with E-state index in [1.54, 1.807) is 48.5 Å². The average molecular weight is 462 g/mol. The molecule has 10 heteroatoms. The van der Waals surface area contributed by atoms with E-state index in [2.05, 4.69) is 15.5 Å². The van der Waals surface area contributed by atoms with E-state index in [1.807, 2.05) is 13.8 Å². The van der Waals surface area contributed by atoms with Crippen molar-refractivity contribution in [2.45, 2.75) is 26.0 Å². The fourth-order valence-electron chi connectivity index (χ4n) is 2.46. The second-order valence-corrected chi connectivity index (χ2v) is 8.30. The van der Waals surface area contributed by atoms with Gasteiger partial charge in [-0.1, -0.05) is 31.1 Å². The Bertz CT molecular complexity index is 1160. The monoisotopic (exact) mass is 461 g/mol. The summed E-state index contributed by atoms with van der Waals surface area (Å²) in [7, 11) is -3.56. The van der Waals surface area contributed by atoms with Crippen LogP contribution in [0.1, 0.15) is 42.9 Å². The molecule has 0 aliphatic rings. The molecular weight excluding hydrogens is 434 g/mol. The zero-order chi connectivity index (χ0) is 23.7. The molecular formula is C22H27N3O6S. The molecule has 0 saturated carbocycles. The van der Waals surface area contributed by atoms with E-state index in [0.29, 0.717) is 22.4 Å². The molecule has 1 N–H and O–H groups in total. The number of hydrogen-bond acceptors (Lipinski definition) is 8. The van der Waals surface area contributed by atoms with Gasteiger partial charge in [0, 0.05) is 24.4 Å². The van der Waals surface area contributed by atoms with Gasteiger partial charge in [-0.2, -0.15) is 0 Å². The average Bonchev–Trinajstić information content (AvgIpc) is 3.29. The number of nitrogens with zero attached hydrogens (tertiary/aromatic N) is 2. The fraction of sp³-hybridized carbons (Fsp3) is 0.273. The summed E-state index contributed by atoms with van der Waals surface area (Å²) in [5, 5.41) is 9.52. The number of carbonyl (C=O) groups is 2.